The summed E-state index contributed by atoms with van der Waals surface area (Å²) in [5.41, 5.74) is 3.20. The van der Waals surface area contributed by atoms with Crippen molar-refractivity contribution in [3.8, 4) is 17.0 Å². The van der Waals surface area contributed by atoms with Crippen molar-refractivity contribution in [2.45, 2.75) is 38.3 Å². The number of nitrogens with one attached hydrogen (secondary N) is 1. The number of rotatable bonds is 8. The number of pyridine rings is 1. The lowest BCUT2D eigenvalue weighted by atomic mass is 9.94. The first-order chi connectivity index (χ1) is 20.1. The Labute approximate surface area is 245 Å². The third-order valence-corrected chi connectivity index (χ3v) is 9.37. The van der Waals surface area contributed by atoms with E-state index < -0.39 is 0 Å². The van der Waals surface area contributed by atoms with Gasteiger partial charge in [0.2, 0.25) is 0 Å². The minimum absolute atomic E-state index is 0.151. The minimum atomic E-state index is -0.151. The number of aromatic nitrogens is 2. The maximum absolute atomic E-state index is 13.6. The van der Waals surface area contributed by atoms with Gasteiger partial charge in [-0.2, -0.15) is 0 Å². The van der Waals surface area contributed by atoms with Gasteiger partial charge in [-0.25, -0.2) is 9.97 Å². The lowest BCUT2D eigenvalue weighted by Gasteiger charge is -2.42. The molecule has 2 aliphatic heterocycles. The molecule has 1 atom stereocenters. The van der Waals surface area contributed by atoms with Crippen LogP contribution in [0.25, 0.3) is 21.5 Å². The molecule has 2 aromatic heterocycles. The summed E-state index contributed by atoms with van der Waals surface area (Å²) in [6.45, 7) is 4.36. The summed E-state index contributed by atoms with van der Waals surface area (Å²) >= 11 is 1.60. The van der Waals surface area contributed by atoms with Gasteiger partial charge in [0, 0.05) is 37.8 Å². The molecule has 1 amide bonds. The number of anilines is 1. The van der Waals surface area contributed by atoms with E-state index in [9.17, 15) is 9.90 Å². The van der Waals surface area contributed by atoms with Crippen LogP contribution in [-0.4, -0.2) is 71.8 Å². The number of para-hydroxylation sites is 2. The molecule has 4 aromatic rings. The summed E-state index contributed by atoms with van der Waals surface area (Å²) in [4.78, 5) is 28.2. The summed E-state index contributed by atoms with van der Waals surface area (Å²) in [5, 5.41) is 13.7. The average Bonchev–Trinajstić information content (AvgIpc) is 3.46. The molecule has 0 saturated carbocycles. The number of ether oxygens (including phenoxy) is 1. The van der Waals surface area contributed by atoms with Crippen LogP contribution in [0.3, 0.4) is 0 Å². The number of hydrogen-bond acceptors (Lipinski definition) is 8. The van der Waals surface area contributed by atoms with E-state index >= 15 is 0 Å². The van der Waals surface area contributed by atoms with Crippen LogP contribution in [0.1, 0.15) is 41.0 Å². The van der Waals surface area contributed by atoms with Crippen molar-refractivity contribution >= 4 is 33.3 Å². The minimum Gasteiger partial charge on any atom is -0.496 e. The monoisotopic (exact) mass is 571 g/mol. The fraction of sp³-hybridized carbons (Fsp3) is 0.406. The molecule has 41 heavy (non-hydrogen) atoms. The molecule has 2 aliphatic rings. The molecule has 6 rings (SSSR count). The summed E-state index contributed by atoms with van der Waals surface area (Å²) < 4.78 is 6.73. The van der Waals surface area contributed by atoms with Gasteiger partial charge in [0.25, 0.3) is 5.91 Å². The Bertz CT molecular complexity index is 1470. The number of aliphatic hydroxyl groups is 1. The quantitative estimate of drug-likeness (QED) is 0.309. The number of aliphatic hydroxyl groups excluding tert-OH is 1. The number of fused-ring (bicyclic) bond motifs is 1. The molecule has 0 radical (unpaired) electrons. The Morgan fingerprint density at radius 2 is 1.83 bits per heavy atom. The second-order valence-corrected chi connectivity index (χ2v) is 12.0. The third kappa shape index (κ3) is 6.07. The molecule has 2 saturated heterocycles. The van der Waals surface area contributed by atoms with Gasteiger partial charge in [0.15, 0.2) is 0 Å². The smallest absolute Gasteiger partial charge is 0.255 e. The Balaban J connectivity index is 1.23. The summed E-state index contributed by atoms with van der Waals surface area (Å²) in [7, 11) is 1.66. The summed E-state index contributed by atoms with van der Waals surface area (Å²) in [6, 6.07) is 20.2. The SMILES string of the molecule is COc1ccccc1-c1ccc(C(=O)NCc2nc3ccccc3s2)c(N2CCC(N3CCC[C@H](CO)C3)CC2)n1. The predicted octanol–water partition coefficient (Wildman–Crippen LogP) is 4.97. The number of nitrogens with zero attached hydrogens (tertiary/aromatic N) is 4. The summed E-state index contributed by atoms with van der Waals surface area (Å²) in [6.07, 6.45) is 4.27. The number of piperidine rings is 2. The highest BCUT2D eigenvalue weighted by molar-refractivity contribution is 7.18. The molecular formula is C32H37N5O3S. The van der Waals surface area contributed by atoms with E-state index in [2.05, 4.69) is 20.1 Å². The number of thiazole rings is 1. The number of carbonyl (C=O) groups is 1. The van der Waals surface area contributed by atoms with E-state index in [0.29, 0.717) is 29.9 Å². The normalized spacial score (nSPS) is 18.5. The van der Waals surface area contributed by atoms with E-state index in [1.807, 2.05) is 60.7 Å². The Morgan fingerprint density at radius 3 is 2.63 bits per heavy atom. The molecule has 2 fully saturated rings. The molecule has 2 aromatic carbocycles. The predicted molar refractivity (Wildman–Crippen MR) is 164 cm³/mol. The van der Waals surface area contributed by atoms with Crippen LogP contribution >= 0.6 is 11.3 Å². The van der Waals surface area contributed by atoms with Crippen LogP contribution in [0, 0.1) is 5.92 Å². The van der Waals surface area contributed by atoms with Crippen molar-refractivity contribution in [3.05, 3.63) is 71.2 Å². The number of hydrogen-bond donors (Lipinski definition) is 2. The van der Waals surface area contributed by atoms with Crippen molar-refractivity contribution in [2.75, 3.05) is 44.8 Å². The van der Waals surface area contributed by atoms with Crippen molar-refractivity contribution in [1.82, 2.24) is 20.2 Å². The Morgan fingerprint density at radius 1 is 1.02 bits per heavy atom. The molecule has 0 aliphatic carbocycles. The van der Waals surface area contributed by atoms with Gasteiger partial charge >= 0.3 is 0 Å². The van der Waals surface area contributed by atoms with Crippen LogP contribution in [-0.2, 0) is 6.54 Å². The topological polar surface area (TPSA) is 90.8 Å². The van der Waals surface area contributed by atoms with Crippen molar-refractivity contribution in [3.63, 3.8) is 0 Å². The third-order valence-electron chi connectivity index (χ3n) is 8.33. The van der Waals surface area contributed by atoms with Crippen molar-refractivity contribution < 1.29 is 14.6 Å². The van der Waals surface area contributed by atoms with Gasteiger partial charge < -0.3 is 20.1 Å². The second kappa shape index (κ2) is 12.5. The van der Waals surface area contributed by atoms with Gasteiger partial charge in [-0.1, -0.05) is 24.3 Å². The highest BCUT2D eigenvalue weighted by Crippen LogP contribution is 2.33. The fourth-order valence-electron chi connectivity index (χ4n) is 6.14. The first kappa shape index (κ1) is 27.6. The number of methoxy groups -OCH3 is 1. The van der Waals surface area contributed by atoms with Crippen LogP contribution in [0.5, 0.6) is 5.75 Å². The molecule has 8 nitrogen and oxygen atoms in total. The van der Waals surface area contributed by atoms with Crippen LogP contribution in [0.4, 0.5) is 5.82 Å². The van der Waals surface area contributed by atoms with E-state index in [1.165, 1.54) is 0 Å². The fourth-order valence-corrected chi connectivity index (χ4v) is 7.05. The largest absolute Gasteiger partial charge is 0.496 e. The van der Waals surface area contributed by atoms with Gasteiger partial charge in [0.1, 0.15) is 16.6 Å². The number of likely N-dealkylation sites (tertiary alicyclic amines) is 1. The van der Waals surface area contributed by atoms with Gasteiger partial charge in [-0.15, -0.1) is 11.3 Å². The van der Waals surface area contributed by atoms with Crippen molar-refractivity contribution in [2.24, 2.45) is 5.92 Å². The maximum atomic E-state index is 13.6. The maximum Gasteiger partial charge on any atom is 0.255 e. The zero-order valence-electron chi connectivity index (χ0n) is 23.5. The van der Waals surface area contributed by atoms with E-state index in [1.54, 1.807) is 18.4 Å². The number of benzene rings is 2. The molecule has 2 N–H and O–H groups in total. The van der Waals surface area contributed by atoms with E-state index in [0.717, 1.165) is 84.1 Å². The molecule has 9 heteroatoms. The number of carbonyl (C=O) groups excluding carboxylic acids is 1. The highest BCUT2D eigenvalue weighted by atomic mass is 32.1. The van der Waals surface area contributed by atoms with Gasteiger partial charge in [-0.05, 0) is 74.5 Å². The zero-order valence-corrected chi connectivity index (χ0v) is 24.3. The molecule has 0 spiro atoms. The highest BCUT2D eigenvalue weighted by Gasteiger charge is 2.30. The first-order valence-corrected chi connectivity index (χ1v) is 15.3. The van der Waals surface area contributed by atoms with E-state index in [4.69, 9.17) is 9.72 Å². The zero-order chi connectivity index (χ0) is 28.2. The molecule has 214 valence electrons. The molecule has 0 unspecified atom stereocenters. The molecule has 4 heterocycles. The standard InChI is InChI=1S/C32H37N5O3S/c1-40-28-10-4-2-8-24(28)26-13-12-25(32(39)33-19-30-34-27-9-3-5-11-29(27)41-30)31(35-26)36-17-14-23(15-18-36)37-16-6-7-22(20-37)21-38/h2-5,8-13,22-23,38H,6-7,14-21H2,1H3,(H,33,39)/t22-/m0/s1. The van der Waals surface area contributed by atoms with Crippen molar-refractivity contribution in [1.29, 1.82) is 0 Å². The molecule has 0 bridgehead atoms. The van der Waals surface area contributed by atoms with E-state index in [-0.39, 0.29) is 12.5 Å². The van der Waals surface area contributed by atoms with Crippen LogP contribution in [0.15, 0.2) is 60.7 Å². The average molecular weight is 572 g/mol. The first-order valence-electron chi connectivity index (χ1n) is 14.5. The van der Waals surface area contributed by atoms with Gasteiger partial charge in [-0.3, -0.25) is 9.69 Å². The Kier molecular flexibility index (Phi) is 8.46. The Hall–Kier alpha value is -3.53. The van der Waals surface area contributed by atoms with Gasteiger partial charge in [0.05, 0.1) is 35.1 Å². The lowest BCUT2D eigenvalue weighted by molar-refractivity contribution is 0.0777. The lowest BCUT2D eigenvalue weighted by Crippen LogP contribution is -2.49. The molecular weight excluding hydrogens is 534 g/mol. The number of amides is 1. The second-order valence-electron chi connectivity index (χ2n) is 10.9. The summed E-state index contributed by atoms with van der Waals surface area (Å²) in [5.74, 6) is 1.69. The van der Waals surface area contributed by atoms with Crippen LogP contribution in [0.2, 0.25) is 0 Å². The van der Waals surface area contributed by atoms with Crippen LogP contribution < -0.4 is 15.0 Å².